The van der Waals surface area contributed by atoms with Crippen LogP contribution in [0.2, 0.25) is 0 Å². The number of hydrogen-bond donors (Lipinski definition) is 0. The molecular formula is C19H16Br2N4S. The molecule has 0 unspecified atom stereocenters. The topological polar surface area (TPSA) is 33.5 Å². The van der Waals surface area contributed by atoms with E-state index in [1.54, 1.807) is 11.3 Å². The first kappa shape index (κ1) is 18.9. The second kappa shape index (κ2) is 7.82. The van der Waals surface area contributed by atoms with Crippen molar-refractivity contribution in [3.63, 3.8) is 0 Å². The van der Waals surface area contributed by atoms with E-state index in [0.717, 1.165) is 36.8 Å². The van der Waals surface area contributed by atoms with Gasteiger partial charge in [-0.05, 0) is 38.4 Å². The van der Waals surface area contributed by atoms with E-state index in [0.29, 0.717) is 0 Å². The highest BCUT2D eigenvalue weighted by molar-refractivity contribution is 9.11. The molecule has 7 heteroatoms. The first-order valence-corrected chi connectivity index (χ1v) is 9.45. The molecule has 0 atom stereocenters. The monoisotopic (exact) mass is 490 g/mol. The molecule has 0 fully saturated rings. The number of para-hydroxylation sites is 1. The van der Waals surface area contributed by atoms with Gasteiger partial charge < -0.3 is 21.5 Å². The van der Waals surface area contributed by atoms with Crippen molar-refractivity contribution in [3.05, 3.63) is 64.6 Å². The Morgan fingerprint density at radius 3 is 2.38 bits per heavy atom. The predicted molar refractivity (Wildman–Crippen MR) is 106 cm³/mol. The average Bonchev–Trinajstić information content (AvgIpc) is 3.10. The average molecular weight is 492 g/mol. The largest absolute Gasteiger partial charge is 1.00 e. The highest BCUT2D eigenvalue weighted by Gasteiger charge is 2.19. The Bertz CT molecular complexity index is 1080. The molecule has 2 heterocycles. The third kappa shape index (κ3) is 3.39. The van der Waals surface area contributed by atoms with Crippen molar-refractivity contribution in [2.75, 3.05) is 0 Å². The van der Waals surface area contributed by atoms with Crippen molar-refractivity contribution in [1.29, 1.82) is 0 Å². The molecule has 0 aliphatic heterocycles. The summed E-state index contributed by atoms with van der Waals surface area (Å²) in [5.74, 6) is 0. The van der Waals surface area contributed by atoms with Crippen LogP contribution < -0.4 is 21.5 Å². The zero-order chi connectivity index (χ0) is 17.4. The maximum Gasteiger partial charge on any atom is 0.409 e. The molecule has 0 aliphatic carbocycles. The molecule has 0 radical (unpaired) electrons. The highest BCUT2D eigenvalue weighted by Crippen LogP contribution is 2.40. The van der Waals surface area contributed by atoms with E-state index in [-0.39, 0.29) is 17.0 Å². The molecule has 0 bridgehead atoms. The van der Waals surface area contributed by atoms with Gasteiger partial charge in [-0.3, -0.25) is 0 Å². The smallest absolute Gasteiger partial charge is 0.409 e. The van der Waals surface area contributed by atoms with Crippen molar-refractivity contribution < 1.29 is 21.5 Å². The van der Waals surface area contributed by atoms with Crippen molar-refractivity contribution in [1.82, 2.24) is 4.57 Å². The molecule has 0 amide bonds. The van der Waals surface area contributed by atoms with Crippen LogP contribution in [0, 0.1) is 0 Å². The summed E-state index contributed by atoms with van der Waals surface area (Å²) >= 11 is 5.06. The summed E-state index contributed by atoms with van der Waals surface area (Å²) in [6.45, 7) is 0. The normalized spacial score (nSPS) is 11.2. The lowest BCUT2D eigenvalue weighted by molar-refractivity contribution is -0.654. The zero-order valence-electron chi connectivity index (χ0n) is 14.2. The van der Waals surface area contributed by atoms with Gasteiger partial charge in [0, 0.05) is 18.0 Å². The Kier molecular flexibility index (Phi) is 5.70. The molecule has 0 saturated carbocycles. The van der Waals surface area contributed by atoms with Crippen molar-refractivity contribution >= 4 is 49.0 Å². The maximum atomic E-state index is 4.65. The van der Waals surface area contributed by atoms with Gasteiger partial charge in [0.2, 0.25) is 0 Å². The van der Waals surface area contributed by atoms with Gasteiger partial charge in [-0.15, -0.1) is 0 Å². The molecule has 2 aromatic carbocycles. The number of fused-ring (bicyclic) bond motifs is 1. The van der Waals surface area contributed by atoms with Gasteiger partial charge in [0.05, 0.1) is 23.4 Å². The lowest BCUT2D eigenvalue weighted by Gasteiger charge is -2.04. The number of halogens is 2. The number of benzene rings is 2. The van der Waals surface area contributed by atoms with E-state index < -0.39 is 0 Å². The van der Waals surface area contributed by atoms with Crippen LogP contribution in [-0.4, -0.2) is 4.57 Å². The summed E-state index contributed by atoms with van der Waals surface area (Å²) in [6, 6.07) is 18.6. The Labute approximate surface area is 174 Å². The third-order valence-corrected chi connectivity index (χ3v) is 5.69. The fourth-order valence-electron chi connectivity index (χ4n) is 2.98. The molecule has 132 valence electrons. The number of hydrogen-bond acceptors (Lipinski definition) is 3. The quantitative estimate of drug-likeness (QED) is 0.312. The van der Waals surface area contributed by atoms with Crippen molar-refractivity contribution in [2.24, 2.45) is 24.3 Å². The van der Waals surface area contributed by atoms with Crippen molar-refractivity contribution in [2.45, 2.75) is 0 Å². The van der Waals surface area contributed by atoms with Crippen LogP contribution in [0.3, 0.4) is 0 Å². The summed E-state index contributed by atoms with van der Waals surface area (Å²) in [7, 11) is 4.04. The zero-order valence-corrected chi connectivity index (χ0v) is 18.2. The van der Waals surface area contributed by atoms with Crippen LogP contribution in [0.4, 0.5) is 10.8 Å². The van der Waals surface area contributed by atoms with Gasteiger partial charge in [0.25, 0.3) is 0 Å². The Morgan fingerprint density at radius 2 is 1.69 bits per heavy atom. The molecule has 4 aromatic rings. The van der Waals surface area contributed by atoms with E-state index in [9.17, 15) is 0 Å². The van der Waals surface area contributed by atoms with Gasteiger partial charge in [-0.25, -0.2) is 4.57 Å². The molecule has 0 saturated heterocycles. The number of azo groups is 1. The molecule has 4 rings (SSSR count). The summed E-state index contributed by atoms with van der Waals surface area (Å²) < 4.78 is 5.18. The lowest BCUT2D eigenvalue weighted by atomic mass is 10.1. The second-order valence-electron chi connectivity index (χ2n) is 5.77. The van der Waals surface area contributed by atoms with Crippen LogP contribution >= 0.6 is 27.3 Å². The summed E-state index contributed by atoms with van der Waals surface area (Å²) in [6.07, 6.45) is 1.99. The third-order valence-electron chi connectivity index (χ3n) is 4.15. The summed E-state index contributed by atoms with van der Waals surface area (Å²) in [5, 5.41) is 11.1. The van der Waals surface area contributed by atoms with Crippen LogP contribution in [0.25, 0.3) is 22.2 Å². The molecule has 26 heavy (non-hydrogen) atoms. The van der Waals surface area contributed by atoms with E-state index in [4.69, 9.17) is 0 Å². The number of nitrogens with zero attached hydrogens (tertiary/aromatic N) is 4. The fourth-order valence-corrected chi connectivity index (χ4v) is 4.38. The van der Waals surface area contributed by atoms with Crippen LogP contribution in [-0.2, 0) is 14.1 Å². The van der Waals surface area contributed by atoms with Gasteiger partial charge in [-0.2, -0.15) is 0 Å². The number of rotatable bonds is 3. The van der Waals surface area contributed by atoms with E-state index in [2.05, 4.69) is 68.1 Å². The van der Waals surface area contributed by atoms with Crippen LogP contribution in [0.1, 0.15) is 0 Å². The standard InChI is InChI=1S/C19H16BrN4S.BrH/c1-23-12-16(20)25-19(23)22-21-17-14-10-6-7-11-15(14)24(2)18(17)13-8-4-3-5-9-13;/h3-12H,1-2H3;1H/q+1;/p-1. The minimum absolute atomic E-state index is 0. The minimum Gasteiger partial charge on any atom is -1.00 e. The summed E-state index contributed by atoms with van der Waals surface area (Å²) in [4.78, 5) is 0. The molecular weight excluding hydrogens is 476 g/mol. The first-order chi connectivity index (χ1) is 12.1. The van der Waals surface area contributed by atoms with Gasteiger partial charge in [0.1, 0.15) is 15.7 Å². The SMILES string of the molecule is Cn1c(-c2ccccc2)c(N=Nc2sc(Br)c[n+]2C)c2ccccc21.[Br-]. The first-order valence-electron chi connectivity index (χ1n) is 7.84. The second-order valence-corrected chi connectivity index (χ2v) is 8.16. The van der Waals surface area contributed by atoms with E-state index >= 15 is 0 Å². The molecule has 0 spiro atoms. The highest BCUT2D eigenvalue weighted by atomic mass is 79.9. The Morgan fingerprint density at radius 1 is 1.00 bits per heavy atom. The molecule has 0 N–H and O–H groups in total. The minimum atomic E-state index is 0. The van der Waals surface area contributed by atoms with Gasteiger partial charge >= 0.3 is 5.13 Å². The number of thiazole rings is 1. The predicted octanol–water partition coefficient (Wildman–Crippen LogP) is 2.91. The molecule has 2 aromatic heterocycles. The number of aromatic nitrogens is 2. The molecule has 4 nitrogen and oxygen atoms in total. The van der Waals surface area contributed by atoms with Crippen LogP contribution in [0.5, 0.6) is 0 Å². The Balaban J connectivity index is 0.00000196. The van der Waals surface area contributed by atoms with E-state index in [1.807, 2.05) is 42.1 Å². The maximum absolute atomic E-state index is 4.65. The Hall–Kier alpha value is -1.83. The fraction of sp³-hybridized carbons (Fsp3) is 0.105. The summed E-state index contributed by atoms with van der Waals surface area (Å²) in [5.41, 5.74) is 4.25. The van der Waals surface area contributed by atoms with Gasteiger partial charge in [-0.1, -0.05) is 48.5 Å². The van der Waals surface area contributed by atoms with Gasteiger partial charge in [0.15, 0.2) is 0 Å². The lowest BCUT2D eigenvalue weighted by Crippen LogP contribution is -3.00. The van der Waals surface area contributed by atoms with E-state index in [1.165, 1.54) is 0 Å². The van der Waals surface area contributed by atoms with Crippen molar-refractivity contribution in [3.8, 4) is 11.3 Å². The molecule has 0 aliphatic rings. The number of aryl methyl sites for hydroxylation is 2. The van der Waals surface area contributed by atoms with Crippen LogP contribution in [0.15, 0.2) is 74.8 Å².